The lowest BCUT2D eigenvalue weighted by molar-refractivity contribution is -0.122. The van der Waals surface area contributed by atoms with E-state index in [2.05, 4.69) is 5.10 Å². The summed E-state index contributed by atoms with van der Waals surface area (Å²) in [7, 11) is -3.24. The third kappa shape index (κ3) is 2.69. The molecular formula is C14H15N3O3S. The van der Waals surface area contributed by atoms with Crippen LogP contribution in [0.5, 0.6) is 0 Å². The highest BCUT2D eigenvalue weighted by Gasteiger charge is 2.26. The van der Waals surface area contributed by atoms with Crippen molar-refractivity contribution in [3.05, 3.63) is 42.2 Å². The van der Waals surface area contributed by atoms with E-state index >= 15 is 0 Å². The van der Waals surface area contributed by atoms with Gasteiger partial charge in [0.25, 0.3) is 0 Å². The monoisotopic (exact) mass is 305 g/mol. The van der Waals surface area contributed by atoms with E-state index in [0.29, 0.717) is 5.92 Å². The fourth-order valence-electron chi connectivity index (χ4n) is 2.35. The molecule has 3 rings (SSSR count). The Labute approximate surface area is 122 Å². The number of carbonyl (C=O) groups excluding carboxylic acids is 1. The molecule has 0 aliphatic carbocycles. The normalized spacial score (nSPS) is 15.8. The van der Waals surface area contributed by atoms with Gasteiger partial charge >= 0.3 is 0 Å². The number of aromatic nitrogens is 2. The van der Waals surface area contributed by atoms with Crippen LogP contribution in [0.15, 0.2) is 41.6 Å². The predicted molar refractivity (Wildman–Crippen MR) is 77.1 cm³/mol. The van der Waals surface area contributed by atoms with Crippen LogP contribution in [0.2, 0.25) is 0 Å². The maximum Gasteiger partial charge on any atom is 0.209 e. The van der Waals surface area contributed by atoms with Crippen molar-refractivity contribution in [3.8, 4) is 5.69 Å². The Hall–Kier alpha value is -2.15. The number of amides is 1. The molecule has 0 atom stereocenters. The molecule has 0 saturated carbocycles. The largest absolute Gasteiger partial charge is 0.344 e. The summed E-state index contributed by atoms with van der Waals surface area (Å²) in [4.78, 5) is 12.5. The van der Waals surface area contributed by atoms with E-state index in [9.17, 15) is 13.2 Å². The van der Waals surface area contributed by atoms with Gasteiger partial charge in [-0.15, -0.1) is 0 Å². The summed E-state index contributed by atoms with van der Waals surface area (Å²) in [6, 6.07) is 7.78. The summed E-state index contributed by atoms with van der Waals surface area (Å²) in [5.41, 5.74) is 1.98. The average Bonchev–Trinajstić information content (AvgIpc) is 2.88. The quantitative estimate of drug-likeness (QED) is 0.784. The molecule has 2 heterocycles. The third-order valence-electron chi connectivity index (χ3n) is 3.67. The highest BCUT2D eigenvalue weighted by Crippen LogP contribution is 2.26. The van der Waals surface area contributed by atoms with Gasteiger partial charge in [-0.3, -0.25) is 4.79 Å². The molecule has 1 aliphatic rings. The second kappa shape index (κ2) is 5.00. The van der Waals surface area contributed by atoms with Gasteiger partial charge in [0.05, 0.1) is 11.9 Å². The van der Waals surface area contributed by atoms with E-state index < -0.39 is 9.84 Å². The average molecular weight is 305 g/mol. The van der Waals surface area contributed by atoms with E-state index in [4.69, 9.17) is 0 Å². The second-order valence-corrected chi connectivity index (χ2v) is 7.26. The lowest BCUT2D eigenvalue weighted by Gasteiger charge is -2.36. The predicted octanol–water partition coefficient (Wildman–Crippen LogP) is 0.831. The van der Waals surface area contributed by atoms with Gasteiger partial charge in [0, 0.05) is 31.5 Å². The van der Waals surface area contributed by atoms with E-state index in [1.807, 2.05) is 24.3 Å². The smallest absolute Gasteiger partial charge is 0.209 e. The Kier molecular flexibility index (Phi) is 3.29. The first-order valence-electron chi connectivity index (χ1n) is 6.52. The summed E-state index contributed by atoms with van der Waals surface area (Å²) < 4.78 is 24.4. The Morgan fingerprint density at radius 3 is 2.43 bits per heavy atom. The van der Waals surface area contributed by atoms with Crippen molar-refractivity contribution in [2.75, 3.05) is 19.3 Å². The molecule has 1 saturated heterocycles. The van der Waals surface area contributed by atoms with Crippen LogP contribution in [0.4, 0.5) is 0 Å². The van der Waals surface area contributed by atoms with E-state index in [0.717, 1.165) is 31.4 Å². The molecule has 110 valence electrons. The maximum atomic E-state index is 11.4. The molecule has 0 unspecified atom stereocenters. The molecule has 0 spiro atoms. The highest BCUT2D eigenvalue weighted by atomic mass is 32.2. The SMILES string of the molecule is CS(=O)(=O)c1cnn(-c2ccc(C3CN(C=O)C3)cc2)c1. The summed E-state index contributed by atoms with van der Waals surface area (Å²) in [5.74, 6) is 0.383. The Bertz CT molecular complexity index is 759. The molecule has 0 radical (unpaired) electrons. The summed E-state index contributed by atoms with van der Waals surface area (Å²) in [5, 5.41) is 4.07. The number of benzene rings is 1. The lowest BCUT2D eigenvalue weighted by Crippen LogP contribution is -2.43. The summed E-state index contributed by atoms with van der Waals surface area (Å²) in [6.07, 6.45) is 4.87. The Morgan fingerprint density at radius 2 is 1.90 bits per heavy atom. The van der Waals surface area contributed by atoms with Gasteiger partial charge in [-0.2, -0.15) is 5.10 Å². The minimum absolute atomic E-state index is 0.201. The molecule has 1 aromatic carbocycles. The van der Waals surface area contributed by atoms with Gasteiger partial charge in [-0.05, 0) is 17.7 Å². The number of carbonyl (C=O) groups is 1. The van der Waals surface area contributed by atoms with Crippen molar-refractivity contribution < 1.29 is 13.2 Å². The van der Waals surface area contributed by atoms with Crippen molar-refractivity contribution in [2.24, 2.45) is 0 Å². The molecule has 1 aliphatic heterocycles. The Balaban J connectivity index is 1.78. The maximum absolute atomic E-state index is 11.4. The third-order valence-corrected chi connectivity index (χ3v) is 4.74. The zero-order valence-corrected chi connectivity index (χ0v) is 12.3. The molecule has 1 fully saturated rings. The van der Waals surface area contributed by atoms with E-state index in [1.54, 1.807) is 9.58 Å². The number of hydrogen-bond donors (Lipinski definition) is 0. The van der Waals surface area contributed by atoms with Crippen molar-refractivity contribution in [3.63, 3.8) is 0 Å². The van der Waals surface area contributed by atoms with E-state index in [1.165, 1.54) is 18.0 Å². The van der Waals surface area contributed by atoms with Crippen molar-refractivity contribution in [1.29, 1.82) is 0 Å². The van der Waals surface area contributed by atoms with Gasteiger partial charge in [0.2, 0.25) is 6.41 Å². The van der Waals surface area contributed by atoms with Crippen LogP contribution in [0.1, 0.15) is 11.5 Å². The number of likely N-dealkylation sites (tertiary alicyclic amines) is 1. The molecule has 0 bridgehead atoms. The number of rotatable bonds is 4. The van der Waals surface area contributed by atoms with Crippen LogP contribution >= 0.6 is 0 Å². The van der Waals surface area contributed by atoms with Crippen LogP contribution < -0.4 is 0 Å². The minimum atomic E-state index is -3.24. The Morgan fingerprint density at radius 1 is 1.24 bits per heavy atom. The van der Waals surface area contributed by atoms with E-state index in [-0.39, 0.29) is 4.90 Å². The van der Waals surface area contributed by atoms with Crippen LogP contribution in [-0.2, 0) is 14.6 Å². The summed E-state index contributed by atoms with van der Waals surface area (Å²) in [6.45, 7) is 1.51. The van der Waals surface area contributed by atoms with Crippen LogP contribution in [0, 0.1) is 0 Å². The molecule has 7 heteroatoms. The fraction of sp³-hybridized carbons (Fsp3) is 0.286. The number of hydrogen-bond acceptors (Lipinski definition) is 4. The number of sulfone groups is 1. The highest BCUT2D eigenvalue weighted by molar-refractivity contribution is 7.90. The van der Waals surface area contributed by atoms with Gasteiger partial charge in [0.1, 0.15) is 4.90 Å². The first-order valence-corrected chi connectivity index (χ1v) is 8.41. The molecule has 21 heavy (non-hydrogen) atoms. The molecule has 0 N–H and O–H groups in total. The molecule has 1 amide bonds. The standard InChI is InChI=1S/C14H15N3O3S/c1-21(19,20)14-6-15-17(9-14)13-4-2-11(3-5-13)12-7-16(8-12)10-18/h2-6,9-10,12H,7-8H2,1H3. The van der Waals surface area contributed by atoms with Gasteiger partial charge in [0.15, 0.2) is 9.84 Å². The van der Waals surface area contributed by atoms with Crippen molar-refractivity contribution in [2.45, 2.75) is 10.8 Å². The zero-order valence-electron chi connectivity index (χ0n) is 11.5. The number of nitrogens with zero attached hydrogens (tertiary/aromatic N) is 3. The molecule has 2 aromatic rings. The van der Waals surface area contributed by atoms with Crippen LogP contribution in [0.25, 0.3) is 5.69 Å². The van der Waals surface area contributed by atoms with Gasteiger partial charge in [-0.1, -0.05) is 12.1 Å². The molecular weight excluding hydrogens is 290 g/mol. The van der Waals surface area contributed by atoms with Crippen molar-refractivity contribution >= 4 is 16.2 Å². The first kappa shape index (κ1) is 13.8. The first-order chi connectivity index (χ1) is 9.97. The molecule has 6 nitrogen and oxygen atoms in total. The second-order valence-electron chi connectivity index (χ2n) is 5.24. The minimum Gasteiger partial charge on any atom is -0.344 e. The fourth-order valence-corrected chi connectivity index (χ4v) is 2.88. The van der Waals surface area contributed by atoms with Gasteiger partial charge in [-0.25, -0.2) is 13.1 Å². The van der Waals surface area contributed by atoms with Gasteiger partial charge < -0.3 is 4.90 Å². The van der Waals surface area contributed by atoms with Crippen LogP contribution in [0.3, 0.4) is 0 Å². The zero-order chi connectivity index (χ0) is 15.0. The lowest BCUT2D eigenvalue weighted by atomic mass is 9.92. The summed E-state index contributed by atoms with van der Waals surface area (Å²) >= 11 is 0. The van der Waals surface area contributed by atoms with Crippen molar-refractivity contribution in [1.82, 2.24) is 14.7 Å². The topological polar surface area (TPSA) is 72.3 Å². The molecule has 1 aromatic heterocycles. The van der Waals surface area contributed by atoms with Crippen LogP contribution in [-0.4, -0.2) is 48.9 Å².